The van der Waals surface area contributed by atoms with Crippen LogP contribution < -0.4 is 9.47 Å². The maximum absolute atomic E-state index is 12.7. The highest BCUT2D eigenvalue weighted by atomic mass is 16.5. The molecule has 0 bridgehead atoms. The second-order valence-electron chi connectivity index (χ2n) is 8.70. The predicted molar refractivity (Wildman–Crippen MR) is 107 cm³/mol. The lowest BCUT2D eigenvalue weighted by atomic mass is 9.72. The summed E-state index contributed by atoms with van der Waals surface area (Å²) in [4.78, 5) is 14.4. The molecule has 1 aromatic carbocycles. The summed E-state index contributed by atoms with van der Waals surface area (Å²) >= 11 is 0. The van der Waals surface area contributed by atoms with E-state index in [1.165, 1.54) is 12.8 Å². The van der Waals surface area contributed by atoms with Gasteiger partial charge in [0.2, 0.25) is 5.91 Å². The van der Waals surface area contributed by atoms with E-state index in [0.29, 0.717) is 37.1 Å². The lowest BCUT2D eigenvalue weighted by Crippen LogP contribution is -2.39. The van der Waals surface area contributed by atoms with Crippen molar-refractivity contribution in [2.45, 2.75) is 45.6 Å². The Morgan fingerprint density at radius 3 is 2.61 bits per heavy atom. The van der Waals surface area contributed by atoms with Gasteiger partial charge in [0.1, 0.15) is 0 Å². The van der Waals surface area contributed by atoms with Gasteiger partial charge in [-0.1, -0.05) is 19.9 Å². The zero-order valence-electron chi connectivity index (χ0n) is 17.4. The van der Waals surface area contributed by atoms with Crippen LogP contribution >= 0.6 is 0 Å². The van der Waals surface area contributed by atoms with Gasteiger partial charge in [0.25, 0.3) is 0 Å². The molecule has 1 saturated heterocycles. The van der Waals surface area contributed by atoms with Gasteiger partial charge in [-0.25, -0.2) is 0 Å². The smallest absolute Gasteiger partial charge is 0.227 e. The number of rotatable bonds is 8. The Labute approximate surface area is 167 Å². The average Bonchev–Trinajstić information content (AvgIpc) is 3.45. The van der Waals surface area contributed by atoms with Crippen molar-refractivity contribution < 1.29 is 24.5 Å². The number of likely N-dealkylation sites (tertiary alicyclic amines) is 1. The minimum atomic E-state index is -0.585. The molecule has 1 aliphatic heterocycles. The number of aliphatic hydroxyl groups excluding tert-OH is 2. The van der Waals surface area contributed by atoms with E-state index in [0.717, 1.165) is 5.56 Å². The summed E-state index contributed by atoms with van der Waals surface area (Å²) in [6.45, 7) is 7.02. The molecule has 4 atom stereocenters. The summed E-state index contributed by atoms with van der Waals surface area (Å²) in [6, 6.07) is 5.90. The van der Waals surface area contributed by atoms with Crippen molar-refractivity contribution in [3.05, 3.63) is 23.8 Å². The second-order valence-corrected chi connectivity index (χ2v) is 8.70. The van der Waals surface area contributed by atoms with Crippen LogP contribution in [0.25, 0.3) is 0 Å². The molecule has 0 unspecified atom stereocenters. The Hall–Kier alpha value is -1.79. The van der Waals surface area contributed by atoms with E-state index >= 15 is 0 Å². The van der Waals surface area contributed by atoms with Crippen LogP contribution in [-0.2, 0) is 4.79 Å². The molecule has 6 nitrogen and oxygen atoms in total. The first-order valence-electron chi connectivity index (χ1n) is 10.2. The molecule has 1 saturated carbocycles. The zero-order chi connectivity index (χ0) is 20.5. The molecule has 2 aliphatic rings. The Balaban J connectivity index is 1.88. The van der Waals surface area contributed by atoms with E-state index in [4.69, 9.17) is 9.47 Å². The van der Waals surface area contributed by atoms with E-state index in [9.17, 15) is 15.0 Å². The summed E-state index contributed by atoms with van der Waals surface area (Å²) in [5.41, 5.74) is 0.551. The number of aliphatic hydroxyl groups is 2. The fourth-order valence-corrected chi connectivity index (χ4v) is 4.00. The van der Waals surface area contributed by atoms with Crippen molar-refractivity contribution in [2.75, 3.05) is 33.4 Å². The highest BCUT2D eigenvalue weighted by molar-refractivity contribution is 5.79. The van der Waals surface area contributed by atoms with E-state index in [1.54, 1.807) is 25.9 Å². The highest BCUT2D eigenvalue weighted by Crippen LogP contribution is 2.47. The van der Waals surface area contributed by atoms with Crippen LogP contribution in [0.5, 0.6) is 11.5 Å². The number of nitrogens with zero attached hydrogens (tertiary/aromatic N) is 1. The number of methoxy groups -OCH3 is 1. The predicted octanol–water partition coefficient (Wildman–Crippen LogP) is 2.43. The second kappa shape index (κ2) is 8.29. The molecular weight excluding hydrogens is 358 g/mol. The molecule has 0 radical (unpaired) electrons. The van der Waals surface area contributed by atoms with Crippen LogP contribution in [0.3, 0.4) is 0 Å². The van der Waals surface area contributed by atoms with Crippen LogP contribution in [-0.4, -0.2) is 60.5 Å². The molecular formula is C22H33NO5. The van der Waals surface area contributed by atoms with Crippen molar-refractivity contribution in [1.82, 2.24) is 4.90 Å². The molecule has 1 amide bonds. The van der Waals surface area contributed by atoms with Gasteiger partial charge in [-0.3, -0.25) is 4.79 Å². The van der Waals surface area contributed by atoms with Crippen molar-refractivity contribution in [2.24, 2.45) is 17.3 Å². The molecule has 3 rings (SSSR count). The number of hydrogen-bond donors (Lipinski definition) is 2. The molecule has 156 valence electrons. The molecule has 1 aliphatic carbocycles. The maximum Gasteiger partial charge on any atom is 0.227 e. The van der Waals surface area contributed by atoms with Crippen molar-refractivity contribution in [3.8, 4) is 11.5 Å². The average molecular weight is 392 g/mol. The standard InChI is InChI=1S/C22H33NO5/c1-14(11-24)21(26)23-10-18(22(3,13-23)15(2)25)17-7-8-19(27-4)20(9-17)28-12-16-5-6-16/h7-9,14-16,18,24-25H,5-6,10-13H2,1-4H3/t14-,15-,18+,22+/m1/s1. The molecule has 2 fully saturated rings. The Kier molecular flexibility index (Phi) is 6.20. The van der Waals surface area contributed by atoms with Gasteiger partial charge >= 0.3 is 0 Å². The van der Waals surface area contributed by atoms with Gasteiger partial charge in [0.15, 0.2) is 11.5 Å². The van der Waals surface area contributed by atoms with E-state index in [1.807, 2.05) is 25.1 Å². The van der Waals surface area contributed by atoms with Crippen molar-refractivity contribution in [3.63, 3.8) is 0 Å². The van der Waals surface area contributed by atoms with E-state index in [-0.39, 0.29) is 18.4 Å². The van der Waals surface area contributed by atoms with Crippen LogP contribution in [0, 0.1) is 17.3 Å². The summed E-state index contributed by atoms with van der Waals surface area (Å²) < 4.78 is 11.5. The van der Waals surface area contributed by atoms with E-state index < -0.39 is 17.4 Å². The summed E-state index contributed by atoms with van der Waals surface area (Å²) in [5.74, 6) is 1.50. The summed E-state index contributed by atoms with van der Waals surface area (Å²) in [6.07, 6.45) is 1.84. The molecule has 2 N–H and O–H groups in total. The molecule has 1 aromatic rings. The van der Waals surface area contributed by atoms with Gasteiger partial charge < -0.3 is 24.6 Å². The number of carbonyl (C=O) groups excluding carboxylic acids is 1. The fraction of sp³-hybridized carbons (Fsp3) is 0.682. The van der Waals surface area contributed by atoms with Gasteiger partial charge in [-0.05, 0) is 43.4 Å². The first-order chi connectivity index (χ1) is 13.3. The first kappa shape index (κ1) is 20.9. The summed E-state index contributed by atoms with van der Waals surface area (Å²) in [5, 5.41) is 19.9. The molecule has 1 heterocycles. The number of hydrogen-bond acceptors (Lipinski definition) is 5. The Morgan fingerprint density at radius 1 is 1.32 bits per heavy atom. The van der Waals surface area contributed by atoms with Crippen molar-refractivity contribution >= 4 is 5.91 Å². The quantitative estimate of drug-likeness (QED) is 0.712. The van der Waals surface area contributed by atoms with Crippen LogP contribution in [0.15, 0.2) is 18.2 Å². The Bertz CT molecular complexity index is 702. The normalized spacial score (nSPS) is 26.8. The topological polar surface area (TPSA) is 79.2 Å². The minimum Gasteiger partial charge on any atom is -0.493 e. The van der Waals surface area contributed by atoms with E-state index in [2.05, 4.69) is 0 Å². The number of amides is 1. The minimum absolute atomic E-state index is 0.0310. The highest BCUT2D eigenvalue weighted by Gasteiger charge is 2.48. The zero-order valence-corrected chi connectivity index (χ0v) is 17.4. The van der Waals surface area contributed by atoms with Crippen molar-refractivity contribution in [1.29, 1.82) is 0 Å². The van der Waals surface area contributed by atoms with Crippen LogP contribution in [0.1, 0.15) is 45.1 Å². The SMILES string of the molecule is COc1ccc([C@@H]2CN(C(=O)[C@H](C)CO)C[C@@]2(C)[C@@H](C)O)cc1OCC1CC1. The summed E-state index contributed by atoms with van der Waals surface area (Å²) in [7, 11) is 1.63. The van der Waals surface area contributed by atoms with Gasteiger partial charge in [-0.2, -0.15) is 0 Å². The third kappa shape index (κ3) is 4.13. The monoisotopic (exact) mass is 391 g/mol. The maximum atomic E-state index is 12.7. The van der Waals surface area contributed by atoms with Crippen LogP contribution in [0.2, 0.25) is 0 Å². The van der Waals surface area contributed by atoms with Gasteiger partial charge in [0, 0.05) is 24.4 Å². The molecule has 0 aromatic heterocycles. The third-order valence-corrected chi connectivity index (χ3v) is 6.45. The lowest BCUT2D eigenvalue weighted by Gasteiger charge is -2.34. The largest absolute Gasteiger partial charge is 0.493 e. The number of carbonyl (C=O) groups is 1. The Morgan fingerprint density at radius 2 is 2.04 bits per heavy atom. The van der Waals surface area contributed by atoms with Gasteiger partial charge in [0.05, 0.1) is 32.3 Å². The fourth-order valence-electron chi connectivity index (χ4n) is 4.00. The molecule has 6 heteroatoms. The number of ether oxygens (including phenoxy) is 2. The first-order valence-corrected chi connectivity index (χ1v) is 10.2. The number of benzene rings is 1. The lowest BCUT2D eigenvalue weighted by molar-refractivity contribution is -0.135. The van der Waals surface area contributed by atoms with Crippen LogP contribution in [0.4, 0.5) is 0 Å². The third-order valence-electron chi connectivity index (χ3n) is 6.45. The van der Waals surface area contributed by atoms with Gasteiger partial charge in [-0.15, -0.1) is 0 Å². The molecule has 28 heavy (non-hydrogen) atoms. The molecule has 0 spiro atoms.